The Kier molecular flexibility index (Phi) is 6.39. The Bertz CT molecular complexity index is 780. The highest BCUT2D eigenvalue weighted by molar-refractivity contribution is 6.32. The zero-order valence-electron chi connectivity index (χ0n) is 16.0. The number of hydrogen-bond donors (Lipinski definition) is 0. The van der Waals surface area contributed by atoms with E-state index < -0.39 is 0 Å². The number of aromatic nitrogens is 1. The molecule has 2 aromatic rings. The van der Waals surface area contributed by atoms with Gasteiger partial charge in [0, 0.05) is 24.7 Å². The molecule has 1 aromatic heterocycles. The average molecular weight is 393 g/mol. The number of carbonyl (C=O) groups excluding carboxylic acids is 1. The van der Waals surface area contributed by atoms with Gasteiger partial charge in [-0.25, -0.2) is 0 Å². The maximum Gasteiger partial charge on any atom is 0.276 e. The maximum absolute atomic E-state index is 12.8. The van der Waals surface area contributed by atoms with Crippen LogP contribution in [0.1, 0.15) is 46.6 Å². The summed E-state index contributed by atoms with van der Waals surface area (Å²) in [7, 11) is 1.66. The van der Waals surface area contributed by atoms with Crippen molar-refractivity contribution in [2.24, 2.45) is 0 Å². The van der Waals surface area contributed by atoms with E-state index in [1.165, 1.54) is 0 Å². The van der Waals surface area contributed by atoms with Crippen LogP contribution in [-0.2, 0) is 11.3 Å². The molecule has 0 bridgehead atoms. The first-order valence-corrected chi connectivity index (χ1v) is 9.52. The van der Waals surface area contributed by atoms with E-state index in [-0.39, 0.29) is 18.6 Å². The molecule has 1 fully saturated rings. The third kappa shape index (κ3) is 4.62. The van der Waals surface area contributed by atoms with Gasteiger partial charge in [0.25, 0.3) is 5.91 Å². The number of ether oxygens (including phenoxy) is 2. The summed E-state index contributed by atoms with van der Waals surface area (Å²) in [6.45, 7) is 5.32. The van der Waals surface area contributed by atoms with E-state index in [4.69, 9.17) is 25.6 Å². The van der Waals surface area contributed by atoms with Crippen molar-refractivity contribution in [1.82, 2.24) is 10.1 Å². The second kappa shape index (κ2) is 8.76. The highest BCUT2D eigenvalue weighted by Gasteiger charge is 2.29. The lowest BCUT2D eigenvalue weighted by atomic mass is 10.0. The summed E-state index contributed by atoms with van der Waals surface area (Å²) in [5.74, 6) is 1.09. The Morgan fingerprint density at radius 2 is 2.04 bits per heavy atom. The van der Waals surface area contributed by atoms with Crippen LogP contribution in [-0.4, -0.2) is 42.3 Å². The van der Waals surface area contributed by atoms with Crippen LogP contribution in [0.3, 0.4) is 0 Å². The minimum atomic E-state index is -0.120. The Hall–Kier alpha value is -2.05. The number of benzene rings is 1. The van der Waals surface area contributed by atoms with Crippen molar-refractivity contribution < 1.29 is 18.8 Å². The second-order valence-corrected chi connectivity index (χ2v) is 7.32. The summed E-state index contributed by atoms with van der Waals surface area (Å²) in [5, 5.41) is 4.68. The van der Waals surface area contributed by atoms with Crippen LogP contribution >= 0.6 is 11.6 Å². The average Bonchev–Trinajstić information content (AvgIpc) is 3.13. The molecule has 1 aliphatic heterocycles. The normalized spacial score (nSPS) is 17.2. The fourth-order valence-corrected chi connectivity index (χ4v) is 3.52. The SMILES string of the molecule is COCC1CCCCN1C(=O)c1cc(COc2cc(C)c(Cl)c(C)c2)on1. The van der Waals surface area contributed by atoms with Gasteiger partial charge in [0.15, 0.2) is 11.5 Å². The lowest BCUT2D eigenvalue weighted by Crippen LogP contribution is -2.46. The predicted octanol–water partition coefficient (Wildman–Crippen LogP) is 4.16. The first kappa shape index (κ1) is 19.7. The Labute approximate surface area is 164 Å². The van der Waals surface area contributed by atoms with Gasteiger partial charge < -0.3 is 18.9 Å². The molecule has 1 atom stereocenters. The standard InChI is InChI=1S/C20H25ClN2O4/c1-13-8-16(9-14(2)19(13)21)26-12-17-10-18(22-27-17)20(24)23-7-5-4-6-15(23)11-25-3/h8-10,15H,4-7,11-12H2,1-3H3. The zero-order chi connectivity index (χ0) is 19.4. The smallest absolute Gasteiger partial charge is 0.276 e. The number of likely N-dealkylation sites (tertiary alicyclic amines) is 1. The van der Waals surface area contributed by atoms with E-state index in [0.717, 1.165) is 42.0 Å². The summed E-state index contributed by atoms with van der Waals surface area (Å²) in [6, 6.07) is 5.49. The fraction of sp³-hybridized carbons (Fsp3) is 0.500. The van der Waals surface area contributed by atoms with E-state index in [1.807, 2.05) is 30.9 Å². The number of piperidine rings is 1. The molecule has 0 saturated carbocycles. The number of halogens is 1. The van der Waals surface area contributed by atoms with Crippen molar-refractivity contribution in [2.75, 3.05) is 20.3 Å². The second-order valence-electron chi connectivity index (χ2n) is 6.94. The van der Waals surface area contributed by atoms with E-state index in [9.17, 15) is 4.79 Å². The number of methoxy groups -OCH3 is 1. The maximum atomic E-state index is 12.8. The fourth-order valence-electron chi connectivity index (χ4n) is 3.41. The number of amides is 1. The molecule has 0 spiro atoms. The van der Waals surface area contributed by atoms with Crippen LogP contribution in [0.15, 0.2) is 22.7 Å². The summed E-state index contributed by atoms with van der Waals surface area (Å²) in [6.07, 6.45) is 3.05. The summed E-state index contributed by atoms with van der Waals surface area (Å²) >= 11 is 6.18. The van der Waals surface area contributed by atoms with Crippen molar-refractivity contribution in [3.05, 3.63) is 45.8 Å². The number of rotatable bonds is 6. The molecule has 0 N–H and O–H groups in total. The van der Waals surface area contributed by atoms with Crippen LogP contribution < -0.4 is 4.74 Å². The quantitative estimate of drug-likeness (QED) is 0.738. The van der Waals surface area contributed by atoms with E-state index in [1.54, 1.807) is 13.2 Å². The molecule has 3 rings (SSSR count). The first-order chi connectivity index (χ1) is 13.0. The van der Waals surface area contributed by atoms with Gasteiger partial charge >= 0.3 is 0 Å². The van der Waals surface area contributed by atoms with Crippen LogP contribution in [0.2, 0.25) is 5.02 Å². The molecule has 1 saturated heterocycles. The molecule has 27 heavy (non-hydrogen) atoms. The lowest BCUT2D eigenvalue weighted by Gasteiger charge is -2.34. The number of aryl methyl sites for hydroxylation is 2. The first-order valence-electron chi connectivity index (χ1n) is 9.14. The molecule has 0 aliphatic carbocycles. The van der Waals surface area contributed by atoms with Crippen LogP contribution in [0.4, 0.5) is 0 Å². The molecule has 2 heterocycles. The zero-order valence-corrected chi connectivity index (χ0v) is 16.7. The van der Waals surface area contributed by atoms with Gasteiger partial charge in [-0.1, -0.05) is 16.8 Å². The molecule has 0 radical (unpaired) electrons. The monoisotopic (exact) mass is 392 g/mol. The van der Waals surface area contributed by atoms with Crippen molar-refractivity contribution in [2.45, 2.75) is 45.8 Å². The summed E-state index contributed by atoms with van der Waals surface area (Å²) < 4.78 is 16.3. The summed E-state index contributed by atoms with van der Waals surface area (Å²) in [5.41, 5.74) is 2.21. The molecule has 7 heteroatoms. The predicted molar refractivity (Wildman–Crippen MR) is 102 cm³/mol. The molecule has 1 unspecified atom stereocenters. The molecule has 1 aromatic carbocycles. The van der Waals surface area contributed by atoms with Crippen LogP contribution in [0, 0.1) is 13.8 Å². The van der Waals surface area contributed by atoms with Crippen molar-refractivity contribution in [1.29, 1.82) is 0 Å². The summed E-state index contributed by atoms with van der Waals surface area (Å²) in [4.78, 5) is 14.6. The Balaban J connectivity index is 1.65. The van der Waals surface area contributed by atoms with Gasteiger partial charge in [0.1, 0.15) is 12.4 Å². The number of carbonyl (C=O) groups is 1. The lowest BCUT2D eigenvalue weighted by molar-refractivity contribution is 0.0419. The molecule has 1 amide bonds. The molecule has 146 valence electrons. The minimum absolute atomic E-state index is 0.0904. The minimum Gasteiger partial charge on any atom is -0.486 e. The van der Waals surface area contributed by atoms with Gasteiger partial charge in [-0.2, -0.15) is 0 Å². The Morgan fingerprint density at radius 1 is 1.30 bits per heavy atom. The largest absolute Gasteiger partial charge is 0.486 e. The molecule has 6 nitrogen and oxygen atoms in total. The highest BCUT2D eigenvalue weighted by atomic mass is 35.5. The third-order valence-corrected chi connectivity index (χ3v) is 5.41. The van der Waals surface area contributed by atoms with Crippen LogP contribution in [0.25, 0.3) is 0 Å². The molecule has 1 aliphatic rings. The van der Waals surface area contributed by atoms with Crippen molar-refractivity contribution >= 4 is 17.5 Å². The molecular formula is C20H25ClN2O4. The van der Waals surface area contributed by atoms with E-state index in [2.05, 4.69) is 5.16 Å². The number of nitrogens with zero attached hydrogens (tertiary/aromatic N) is 2. The number of hydrogen-bond acceptors (Lipinski definition) is 5. The third-order valence-electron chi connectivity index (χ3n) is 4.82. The van der Waals surface area contributed by atoms with Crippen LogP contribution in [0.5, 0.6) is 5.75 Å². The van der Waals surface area contributed by atoms with Gasteiger partial charge in [0.05, 0.1) is 12.6 Å². The van der Waals surface area contributed by atoms with Gasteiger partial charge in [0.2, 0.25) is 0 Å². The van der Waals surface area contributed by atoms with E-state index >= 15 is 0 Å². The highest BCUT2D eigenvalue weighted by Crippen LogP contribution is 2.26. The Morgan fingerprint density at radius 3 is 2.74 bits per heavy atom. The van der Waals surface area contributed by atoms with Gasteiger partial charge in [-0.05, 0) is 56.4 Å². The molecular weight excluding hydrogens is 368 g/mol. The topological polar surface area (TPSA) is 64.8 Å². The van der Waals surface area contributed by atoms with Crippen molar-refractivity contribution in [3.63, 3.8) is 0 Å². The van der Waals surface area contributed by atoms with Gasteiger partial charge in [-0.15, -0.1) is 0 Å². The van der Waals surface area contributed by atoms with Crippen molar-refractivity contribution in [3.8, 4) is 5.75 Å². The van der Waals surface area contributed by atoms with E-state index in [0.29, 0.717) is 23.8 Å². The van der Waals surface area contributed by atoms with Gasteiger partial charge in [-0.3, -0.25) is 4.79 Å².